The van der Waals surface area contributed by atoms with Gasteiger partial charge in [-0.3, -0.25) is 4.79 Å². The van der Waals surface area contributed by atoms with Crippen molar-refractivity contribution in [1.29, 1.82) is 5.26 Å². The van der Waals surface area contributed by atoms with Crippen LogP contribution in [-0.2, 0) is 21.2 Å². The normalized spacial score (nSPS) is 15.3. The van der Waals surface area contributed by atoms with Crippen molar-refractivity contribution < 1.29 is 13.2 Å². The Morgan fingerprint density at radius 1 is 1.06 bits per heavy atom. The summed E-state index contributed by atoms with van der Waals surface area (Å²) in [6, 6.07) is 20.6. The topological polar surface area (TPSA) is 90.3 Å². The van der Waals surface area contributed by atoms with Gasteiger partial charge in [-0.2, -0.15) is 9.98 Å². The smallest absolute Gasteiger partial charge is 0.241 e. The Morgan fingerprint density at radius 3 is 2.42 bits per heavy atom. The van der Waals surface area contributed by atoms with Crippen molar-refractivity contribution in [3.05, 3.63) is 77.9 Å². The first-order valence-corrected chi connectivity index (χ1v) is 12.6. The second-order valence-corrected chi connectivity index (χ2v) is 10.2. The highest BCUT2D eigenvalue weighted by Crippen LogP contribution is 2.25. The quantitative estimate of drug-likeness (QED) is 0.576. The molecule has 0 aromatic heterocycles. The van der Waals surface area contributed by atoms with Crippen LogP contribution in [0.15, 0.2) is 71.6 Å². The fourth-order valence-corrected chi connectivity index (χ4v) is 5.95. The van der Waals surface area contributed by atoms with E-state index in [-0.39, 0.29) is 23.3 Å². The van der Waals surface area contributed by atoms with Crippen LogP contribution in [0.4, 0.5) is 0 Å². The molecule has 3 aromatic rings. The number of nitrogens with zero attached hydrogens (tertiary/aromatic N) is 2. The minimum atomic E-state index is -3.97. The predicted molar refractivity (Wildman–Crippen MR) is 128 cm³/mol. The Kier molecular flexibility index (Phi) is 6.77. The van der Waals surface area contributed by atoms with Crippen molar-refractivity contribution in [2.75, 3.05) is 7.05 Å². The van der Waals surface area contributed by atoms with Crippen LogP contribution in [-0.4, -0.2) is 38.4 Å². The molecule has 6 nitrogen and oxygen atoms in total. The van der Waals surface area contributed by atoms with Crippen LogP contribution < -0.4 is 4.72 Å². The number of rotatable bonds is 7. The van der Waals surface area contributed by atoms with Gasteiger partial charge in [-0.1, -0.05) is 61.4 Å². The number of likely N-dealkylation sites (N-methyl/N-ethyl adjacent to an activating group) is 1. The summed E-state index contributed by atoms with van der Waals surface area (Å²) in [5.41, 5.74) is 1.30. The van der Waals surface area contributed by atoms with Crippen molar-refractivity contribution in [3.8, 4) is 6.07 Å². The second kappa shape index (κ2) is 9.74. The van der Waals surface area contributed by atoms with E-state index in [1.54, 1.807) is 60.5 Å². The molecule has 1 aliphatic carbocycles. The average Bonchev–Trinajstić information content (AvgIpc) is 3.37. The van der Waals surface area contributed by atoms with E-state index in [0.717, 1.165) is 36.6 Å². The van der Waals surface area contributed by atoms with Gasteiger partial charge in [-0.05, 0) is 48.4 Å². The maximum Gasteiger partial charge on any atom is 0.241 e. The van der Waals surface area contributed by atoms with Crippen molar-refractivity contribution in [3.63, 3.8) is 0 Å². The number of hydrogen-bond acceptors (Lipinski definition) is 4. The standard InChI is InChI=1S/C26H27N3O3S/c1-29(22-9-3-4-10-22)26(30)24(17-19-13-15-20(18-27)16-14-19)28-33(31,32)25-12-6-8-21-7-2-5-11-23(21)25/h2,5-8,11-16,22,24,28H,3-4,9-10,17H2,1H3/t24-/m0/s1. The molecule has 7 heteroatoms. The maximum absolute atomic E-state index is 13.5. The first-order chi connectivity index (χ1) is 15.9. The number of fused-ring (bicyclic) bond motifs is 1. The molecule has 170 valence electrons. The third-order valence-corrected chi connectivity index (χ3v) is 7.91. The summed E-state index contributed by atoms with van der Waals surface area (Å²) in [5.74, 6) is -0.241. The van der Waals surface area contributed by atoms with E-state index in [2.05, 4.69) is 10.8 Å². The molecule has 0 radical (unpaired) electrons. The highest BCUT2D eigenvalue weighted by molar-refractivity contribution is 7.89. The summed E-state index contributed by atoms with van der Waals surface area (Å²) < 4.78 is 29.6. The summed E-state index contributed by atoms with van der Waals surface area (Å²) in [7, 11) is -2.21. The third-order valence-electron chi connectivity index (χ3n) is 6.38. The van der Waals surface area contributed by atoms with Gasteiger partial charge in [0.15, 0.2) is 0 Å². The maximum atomic E-state index is 13.5. The van der Waals surface area contributed by atoms with Crippen LogP contribution in [0.25, 0.3) is 10.8 Å². The Hall–Kier alpha value is -3.21. The van der Waals surface area contributed by atoms with Crippen LogP contribution in [0.1, 0.15) is 36.8 Å². The first kappa shape index (κ1) is 23.0. The molecule has 0 bridgehead atoms. The molecule has 0 heterocycles. The Labute approximate surface area is 194 Å². The van der Waals surface area contributed by atoms with Crippen molar-refractivity contribution >= 4 is 26.7 Å². The van der Waals surface area contributed by atoms with Gasteiger partial charge in [0.1, 0.15) is 6.04 Å². The van der Waals surface area contributed by atoms with Crippen molar-refractivity contribution in [2.24, 2.45) is 0 Å². The molecule has 1 N–H and O–H groups in total. The molecule has 1 amide bonds. The van der Waals surface area contributed by atoms with E-state index in [9.17, 15) is 13.2 Å². The number of sulfonamides is 1. The summed E-state index contributed by atoms with van der Waals surface area (Å²) in [5, 5.41) is 10.5. The lowest BCUT2D eigenvalue weighted by atomic mass is 10.0. The highest BCUT2D eigenvalue weighted by atomic mass is 32.2. The lowest BCUT2D eigenvalue weighted by Gasteiger charge is -2.29. The minimum Gasteiger partial charge on any atom is -0.341 e. The van der Waals surface area contributed by atoms with Crippen LogP contribution in [0.5, 0.6) is 0 Å². The number of amides is 1. The molecule has 0 spiro atoms. The number of benzene rings is 3. The van der Waals surface area contributed by atoms with Crippen LogP contribution >= 0.6 is 0 Å². The zero-order chi connectivity index (χ0) is 23.4. The molecular formula is C26H27N3O3S. The Bertz CT molecular complexity index is 1290. The lowest BCUT2D eigenvalue weighted by Crippen LogP contribution is -2.50. The van der Waals surface area contributed by atoms with E-state index in [4.69, 9.17) is 5.26 Å². The van der Waals surface area contributed by atoms with E-state index >= 15 is 0 Å². The van der Waals surface area contributed by atoms with Crippen LogP contribution in [0, 0.1) is 11.3 Å². The zero-order valence-electron chi connectivity index (χ0n) is 18.6. The van der Waals surface area contributed by atoms with Crippen LogP contribution in [0.3, 0.4) is 0 Å². The number of hydrogen-bond donors (Lipinski definition) is 1. The average molecular weight is 462 g/mol. The largest absolute Gasteiger partial charge is 0.341 e. The predicted octanol–water partition coefficient (Wildman–Crippen LogP) is 4.00. The molecule has 33 heavy (non-hydrogen) atoms. The molecule has 1 fully saturated rings. The van der Waals surface area contributed by atoms with E-state index in [1.807, 2.05) is 18.2 Å². The SMILES string of the molecule is CN(C(=O)[C@H](Cc1ccc(C#N)cc1)NS(=O)(=O)c1cccc2ccccc12)C1CCCC1. The fourth-order valence-electron chi connectivity index (χ4n) is 4.53. The number of nitrogens with one attached hydrogen (secondary N) is 1. The zero-order valence-corrected chi connectivity index (χ0v) is 19.4. The molecule has 0 aliphatic heterocycles. The molecular weight excluding hydrogens is 434 g/mol. The third kappa shape index (κ3) is 5.08. The summed E-state index contributed by atoms with van der Waals surface area (Å²) in [4.78, 5) is 15.3. The number of nitriles is 1. The highest BCUT2D eigenvalue weighted by Gasteiger charge is 2.32. The summed E-state index contributed by atoms with van der Waals surface area (Å²) >= 11 is 0. The monoisotopic (exact) mass is 461 g/mol. The van der Waals surface area contributed by atoms with Crippen LogP contribution in [0.2, 0.25) is 0 Å². The summed E-state index contributed by atoms with van der Waals surface area (Å²) in [6.45, 7) is 0. The van der Waals surface area contributed by atoms with E-state index < -0.39 is 16.1 Å². The molecule has 3 aromatic carbocycles. The Balaban J connectivity index is 1.66. The molecule has 1 aliphatic rings. The van der Waals surface area contributed by atoms with Gasteiger partial charge in [0.25, 0.3) is 0 Å². The fraction of sp³-hybridized carbons (Fsp3) is 0.308. The van der Waals surface area contributed by atoms with E-state index in [1.165, 1.54) is 0 Å². The van der Waals surface area contributed by atoms with Gasteiger partial charge >= 0.3 is 0 Å². The van der Waals surface area contributed by atoms with Gasteiger partial charge in [-0.25, -0.2) is 8.42 Å². The lowest BCUT2D eigenvalue weighted by molar-refractivity contribution is -0.133. The molecule has 0 saturated heterocycles. The van der Waals surface area contributed by atoms with Gasteiger partial charge in [0.05, 0.1) is 16.5 Å². The van der Waals surface area contributed by atoms with Crippen molar-refractivity contribution in [2.45, 2.75) is 49.1 Å². The van der Waals surface area contributed by atoms with Gasteiger partial charge in [0, 0.05) is 18.5 Å². The molecule has 1 atom stereocenters. The first-order valence-electron chi connectivity index (χ1n) is 11.1. The second-order valence-electron chi connectivity index (χ2n) is 8.55. The minimum absolute atomic E-state index is 0.128. The molecule has 0 unspecified atom stereocenters. The van der Waals surface area contributed by atoms with E-state index in [0.29, 0.717) is 10.9 Å². The molecule has 1 saturated carbocycles. The number of carbonyl (C=O) groups is 1. The summed E-state index contributed by atoms with van der Waals surface area (Å²) in [6.07, 6.45) is 4.21. The van der Waals surface area contributed by atoms with Gasteiger partial charge in [0.2, 0.25) is 15.9 Å². The van der Waals surface area contributed by atoms with Gasteiger partial charge < -0.3 is 4.90 Å². The Morgan fingerprint density at radius 2 is 1.73 bits per heavy atom. The number of carbonyl (C=O) groups excluding carboxylic acids is 1. The van der Waals surface area contributed by atoms with Gasteiger partial charge in [-0.15, -0.1) is 0 Å². The van der Waals surface area contributed by atoms with Crippen molar-refractivity contribution in [1.82, 2.24) is 9.62 Å². The molecule has 4 rings (SSSR count).